The first kappa shape index (κ1) is 19.8. The largest absolute Gasteiger partial charge is 0.457 e. The number of ether oxygens (including phenoxy) is 1. The van der Waals surface area contributed by atoms with Gasteiger partial charge in [-0.3, -0.25) is 4.79 Å². The zero-order valence-electron chi connectivity index (χ0n) is 16.7. The lowest BCUT2D eigenvalue weighted by atomic mass is 10.2. The Morgan fingerprint density at radius 1 is 0.875 bits per heavy atom. The summed E-state index contributed by atoms with van der Waals surface area (Å²) in [4.78, 5) is 17.7. The molecule has 0 amide bonds. The topological polar surface area (TPSA) is 56.5 Å². The molecule has 0 aliphatic rings. The van der Waals surface area contributed by atoms with Crippen molar-refractivity contribution in [2.24, 2.45) is 0 Å². The summed E-state index contributed by atoms with van der Waals surface area (Å²) in [5, 5.41) is 4.28. The lowest BCUT2D eigenvalue weighted by molar-refractivity contribution is 0.482. The molecular formula is C25H16FN3O2S. The predicted octanol–water partition coefficient (Wildman–Crippen LogP) is 4.80. The fourth-order valence-electron chi connectivity index (χ4n) is 3.11. The second-order valence-electron chi connectivity index (χ2n) is 6.95. The second kappa shape index (κ2) is 8.56. The van der Waals surface area contributed by atoms with E-state index in [2.05, 4.69) is 10.1 Å². The molecule has 0 atom stereocenters. The first-order chi connectivity index (χ1) is 15.6. The van der Waals surface area contributed by atoms with E-state index in [-0.39, 0.29) is 11.4 Å². The smallest absolute Gasteiger partial charge is 0.291 e. The molecular weight excluding hydrogens is 425 g/mol. The zero-order chi connectivity index (χ0) is 21.9. The maximum Gasteiger partial charge on any atom is 0.291 e. The standard InChI is InChI=1S/C25H16FN3O2S/c26-19-12-9-17(10-13-19)11-14-23-27-25-29(28-23)24(30)22(32-25)16-18-5-4-8-21(15-18)31-20-6-2-1-3-7-20/h1-16H/b14-11+,22-16-. The molecule has 32 heavy (non-hydrogen) atoms. The fourth-order valence-corrected chi connectivity index (χ4v) is 4.02. The number of aromatic nitrogens is 3. The Bertz CT molecular complexity index is 1520. The minimum absolute atomic E-state index is 0.228. The molecule has 0 bridgehead atoms. The van der Waals surface area contributed by atoms with Crippen LogP contribution in [0.1, 0.15) is 17.0 Å². The van der Waals surface area contributed by atoms with E-state index < -0.39 is 0 Å². The molecule has 2 heterocycles. The average molecular weight is 441 g/mol. The van der Waals surface area contributed by atoms with Crippen LogP contribution in [0.25, 0.3) is 23.2 Å². The van der Waals surface area contributed by atoms with Crippen LogP contribution in [0, 0.1) is 5.82 Å². The van der Waals surface area contributed by atoms with Gasteiger partial charge >= 0.3 is 0 Å². The van der Waals surface area contributed by atoms with Crippen LogP contribution >= 0.6 is 11.3 Å². The quantitative estimate of drug-likeness (QED) is 0.393. The maximum absolute atomic E-state index is 13.0. The van der Waals surface area contributed by atoms with Crippen LogP contribution in [-0.4, -0.2) is 14.6 Å². The highest BCUT2D eigenvalue weighted by molar-refractivity contribution is 7.15. The van der Waals surface area contributed by atoms with Gasteiger partial charge in [-0.05, 0) is 59.7 Å². The van der Waals surface area contributed by atoms with Gasteiger partial charge in [-0.2, -0.15) is 9.50 Å². The number of hydrogen-bond donors (Lipinski definition) is 0. The number of halogens is 1. The van der Waals surface area contributed by atoms with Crippen molar-refractivity contribution in [3.63, 3.8) is 0 Å². The minimum atomic E-state index is -0.292. The monoisotopic (exact) mass is 441 g/mol. The summed E-state index contributed by atoms with van der Waals surface area (Å²) in [6, 6.07) is 23.1. The number of fused-ring (bicyclic) bond motifs is 1. The van der Waals surface area contributed by atoms with Crippen LogP contribution in [0.15, 0.2) is 83.7 Å². The molecule has 0 aliphatic heterocycles. The molecule has 5 aromatic rings. The van der Waals surface area contributed by atoms with E-state index in [4.69, 9.17) is 4.74 Å². The van der Waals surface area contributed by atoms with Gasteiger partial charge in [0.15, 0.2) is 5.82 Å². The Labute approximate surface area is 186 Å². The molecule has 0 fully saturated rings. The van der Waals surface area contributed by atoms with Crippen molar-refractivity contribution in [1.29, 1.82) is 0 Å². The summed E-state index contributed by atoms with van der Waals surface area (Å²) in [6.45, 7) is 0. The van der Waals surface area contributed by atoms with Crippen molar-refractivity contribution < 1.29 is 9.13 Å². The first-order valence-corrected chi connectivity index (χ1v) is 10.6. The van der Waals surface area contributed by atoms with Crippen molar-refractivity contribution in [2.45, 2.75) is 0 Å². The molecule has 0 spiro atoms. The fraction of sp³-hybridized carbons (Fsp3) is 0. The van der Waals surface area contributed by atoms with Crippen LogP contribution in [0.5, 0.6) is 11.5 Å². The Hall–Kier alpha value is -4.10. The number of nitrogens with zero attached hydrogens (tertiary/aromatic N) is 3. The highest BCUT2D eigenvalue weighted by Gasteiger charge is 2.09. The lowest BCUT2D eigenvalue weighted by Crippen LogP contribution is -2.23. The SMILES string of the molecule is O=c1/c(=C/c2cccc(Oc3ccccc3)c2)sc2nc(/C=C/c3ccc(F)cc3)nn12. The molecule has 3 aromatic carbocycles. The van der Waals surface area contributed by atoms with Gasteiger partial charge in [-0.1, -0.05) is 59.9 Å². The third-order valence-electron chi connectivity index (χ3n) is 4.63. The molecule has 156 valence electrons. The molecule has 2 aromatic heterocycles. The van der Waals surface area contributed by atoms with Crippen LogP contribution < -0.4 is 14.8 Å². The number of rotatable bonds is 5. The molecule has 0 aliphatic carbocycles. The predicted molar refractivity (Wildman–Crippen MR) is 124 cm³/mol. The van der Waals surface area contributed by atoms with Crippen molar-refractivity contribution in [3.05, 3.63) is 117 Å². The normalized spacial score (nSPS) is 12.1. The first-order valence-electron chi connectivity index (χ1n) is 9.82. The van der Waals surface area contributed by atoms with Crippen molar-refractivity contribution in [1.82, 2.24) is 14.6 Å². The molecule has 0 saturated heterocycles. The minimum Gasteiger partial charge on any atom is -0.457 e. The molecule has 0 unspecified atom stereocenters. The van der Waals surface area contributed by atoms with Gasteiger partial charge in [0.1, 0.15) is 17.3 Å². The molecule has 5 nitrogen and oxygen atoms in total. The molecule has 7 heteroatoms. The summed E-state index contributed by atoms with van der Waals surface area (Å²) < 4.78 is 20.7. The maximum atomic E-state index is 13.0. The highest BCUT2D eigenvalue weighted by Crippen LogP contribution is 2.22. The van der Waals surface area contributed by atoms with E-state index in [0.717, 1.165) is 16.9 Å². The summed E-state index contributed by atoms with van der Waals surface area (Å²) in [5.74, 6) is 1.56. The van der Waals surface area contributed by atoms with E-state index in [9.17, 15) is 9.18 Å². The van der Waals surface area contributed by atoms with Crippen LogP contribution in [0.2, 0.25) is 0 Å². The Balaban J connectivity index is 1.41. The van der Waals surface area contributed by atoms with Gasteiger partial charge in [0.05, 0.1) is 4.53 Å². The van der Waals surface area contributed by atoms with E-state index in [1.165, 1.54) is 28.0 Å². The number of para-hydroxylation sites is 1. The molecule has 0 N–H and O–H groups in total. The van der Waals surface area contributed by atoms with Crippen molar-refractivity contribution >= 4 is 34.5 Å². The van der Waals surface area contributed by atoms with Gasteiger partial charge in [0.25, 0.3) is 5.56 Å². The Morgan fingerprint density at radius 2 is 1.66 bits per heavy atom. The average Bonchev–Trinajstić information content (AvgIpc) is 3.33. The lowest BCUT2D eigenvalue weighted by Gasteiger charge is -2.05. The molecule has 0 saturated carbocycles. The van der Waals surface area contributed by atoms with Gasteiger partial charge in [0, 0.05) is 0 Å². The van der Waals surface area contributed by atoms with Gasteiger partial charge < -0.3 is 4.74 Å². The number of hydrogen-bond acceptors (Lipinski definition) is 5. The van der Waals surface area contributed by atoms with Gasteiger partial charge in [0.2, 0.25) is 4.96 Å². The molecule has 5 rings (SSSR count). The van der Waals surface area contributed by atoms with Crippen molar-refractivity contribution in [2.75, 3.05) is 0 Å². The van der Waals surface area contributed by atoms with Crippen LogP contribution in [-0.2, 0) is 0 Å². The van der Waals surface area contributed by atoms with Gasteiger partial charge in [-0.15, -0.1) is 5.10 Å². The highest BCUT2D eigenvalue weighted by atomic mass is 32.1. The van der Waals surface area contributed by atoms with E-state index in [1.54, 1.807) is 30.4 Å². The summed E-state index contributed by atoms with van der Waals surface area (Å²) in [5.41, 5.74) is 1.43. The van der Waals surface area contributed by atoms with E-state index in [0.29, 0.717) is 21.1 Å². The molecule has 0 radical (unpaired) electrons. The third kappa shape index (κ3) is 4.33. The van der Waals surface area contributed by atoms with Crippen LogP contribution in [0.4, 0.5) is 4.39 Å². The zero-order valence-corrected chi connectivity index (χ0v) is 17.5. The third-order valence-corrected chi connectivity index (χ3v) is 5.59. The number of benzene rings is 3. The second-order valence-corrected chi connectivity index (χ2v) is 7.96. The van der Waals surface area contributed by atoms with Crippen molar-refractivity contribution in [3.8, 4) is 11.5 Å². The summed E-state index contributed by atoms with van der Waals surface area (Å²) >= 11 is 1.27. The van der Waals surface area contributed by atoms with Crippen LogP contribution in [0.3, 0.4) is 0 Å². The Kier molecular flexibility index (Phi) is 5.31. The Morgan fingerprint density at radius 3 is 2.44 bits per heavy atom. The number of thiazole rings is 1. The van der Waals surface area contributed by atoms with Gasteiger partial charge in [-0.25, -0.2) is 4.39 Å². The van der Waals surface area contributed by atoms with E-state index in [1.807, 2.05) is 54.6 Å². The summed E-state index contributed by atoms with van der Waals surface area (Å²) in [6.07, 6.45) is 5.27. The van der Waals surface area contributed by atoms with E-state index >= 15 is 0 Å². The summed E-state index contributed by atoms with van der Waals surface area (Å²) in [7, 11) is 0.